The van der Waals surface area contributed by atoms with Crippen molar-refractivity contribution in [1.82, 2.24) is 9.97 Å². The normalized spacial score (nSPS) is 10.4. The molecule has 0 aromatic carbocycles. The molecule has 0 unspecified atom stereocenters. The van der Waals surface area contributed by atoms with Gasteiger partial charge in [0.05, 0.1) is 0 Å². The van der Waals surface area contributed by atoms with E-state index in [1.54, 1.807) is 18.3 Å². The van der Waals surface area contributed by atoms with Gasteiger partial charge >= 0.3 is 5.97 Å². The average molecular weight is 267 g/mol. The number of hydrogen-bond acceptors (Lipinski definition) is 6. The molecule has 2 aromatic heterocycles. The fourth-order valence-electron chi connectivity index (χ4n) is 1.16. The standard InChI is InChI=1S/C10H9N3O2S2/c11-8-9(13-4-3-12-8)16-5-6-1-2-7(17-6)10(14)15/h1-4H,5H2,(H2,11,12)(H,14,15). The van der Waals surface area contributed by atoms with Gasteiger partial charge in [0.25, 0.3) is 0 Å². The third-order valence-corrected chi connectivity index (χ3v) is 4.21. The SMILES string of the molecule is Nc1nccnc1SCc1ccc(C(=O)O)s1. The highest BCUT2D eigenvalue weighted by atomic mass is 32.2. The summed E-state index contributed by atoms with van der Waals surface area (Å²) in [4.78, 5) is 20.0. The average Bonchev–Trinajstić information content (AvgIpc) is 2.77. The number of nitrogen functional groups attached to an aromatic ring is 1. The van der Waals surface area contributed by atoms with E-state index in [0.29, 0.717) is 21.5 Å². The van der Waals surface area contributed by atoms with Crippen LogP contribution in [0.15, 0.2) is 29.6 Å². The predicted octanol–water partition coefficient (Wildman–Crippen LogP) is 2.11. The molecular weight excluding hydrogens is 258 g/mol. The van der Waals surface area contributed by atoms with E-state index in [9.17, 15) is 4.79 Å². The number of thiophene rings is 1. The third-order valence-electron chi connectivity index (χ3n) is 1.91. The van der Waals surface area contributed by atoms with Crippen LogP contribution < -0.4 is 5.73 Å². The number of thioether (sulfide) groups is 1. The quantitative estimate of drug-likeness (QED) is 0.825. The van der Waals surface area contributed by atoms with Crippen LogP contribution in [0.3, 0.4) is 0 Å². The number of aromatic nitrogens is 2. The number of anilines is 1. The zero-order chi connectivity index (χ0) is 12.3. The number of nitrogens with zero attached hydrogens (tertiary/aromatic N) is 2. The van der Waals surface area contributed by atoms with E-state index >= 15 is 0 Å². The van der Waals surface area contributed by atoms with Gasteiger partial charge in [-0.3, -0.25) is 0 Å². The Morgan fingerprint density at radius 2 is 2.18 bits per heavy atom. The number of carboxylic acid groups (broad SMARTS) is 1. The number of carboxylic acids is 1. The summed E-state index contributed by atoms with van der Waals surface area (Å²) < 4.78 is 0. The molecule has 7 heteroatoms. The molecule has 5 nitrogen and oxygen atoms in total. The molecule has 2 heterocycles. The van der Waals surface area contributed by atoms with E-state index in [2.05, 4.69) is 9.97 Å². The molecular formula is C10H9N3O2S2. The second-order valence-electron chi connectivity index (χ2n) is 3.11. The van der Waals surface area contributed by atoms with Crippen molar-refractivity contribution < 1.29 is 9.90 Å². The monoisotopic (exact) mass is 267 g/mol. The van der Waals surface area contributed by atoms with Crippen LogP contribution in [0.1, 0.15) is 14.5 Å². The fourth-order valence-corrected chi connectivity index (χ4v) is 2.92. The van der Waals surface area contributed by atoms with Gasteiger partial charge in [0.1, 0.15) is 9.90 Å². The van der Waals surface area contributed by atoms with Crippen LogP contribution in [0.2, 0.25) is 0 Å². The summed E-state index contributed by atoms with van der Waals surface area (Å²) in [6.45, 7) is 0. The number of nitrogens with two attached hydrogens (primary N) is 1. The summed E-state index contributed by atoms with van der Waals surface area (Å²) in [5.41, 5.74) is 5.65. The summed E-state index contributed by atoms with van der Waals surface area (Å²) in [5, 5.41) is 9.45. The number of hydrogen-bond donors (Lipinski definition) is 2. The molecule has 0 saturated heterocycles. The van der Waals surface area contributed by atoms with Crippen molar-refractivity contribution in [2.45, 2.75) is 10.8 Å². The molecule has 0 radical (unpaired) electrons. The van der Waals surface area contributed by atoms with E-state index in [1.807, 2.05) is 0 Å². The first-order valence-electron chi connectivity index (χ1n) is 4.68. The van der Waals surface area contributed by atoms with Crippen molar-refractivity contribution in [3.05, 3.63) is 34.3 Å². The molecule has 0 spiro atoms. The van der Waals surface area contributed by atoms with Gasteiger partial charge in [-0.1, -0.05) is 11.8 Å². The maximum Gasteiger partial charge on any atom is 0.345 e. The van der Waals surface area contributed by atoms with Crippen LogP contribution in [0.25, 0.3) is 0 Å². The van der Waals surface area contributed by atoms with Crippen LogP contribution in [0.5, 0.6) is 0 Å². The molecule has 0 aliphatic rings. The molecule has 17 heavy (non-hydrogen) atoms. The minimum Gasteiger partial charge on any atom is -0.477 e. The smallest absolute Gasteiger partial charge is 0.345 e. The molecule has 0 saturated carbocycles. The van der Waals surface area contributed by atoms with Crippen molar-refractivity contribution in [2.24, 2.45) is 0 Å². The maximum atomic E-state index is 10.7. The highest BCUT2D eigenvalue weighted by Crippen LogP contribution is 2.27. The Bertz CT molecular complexity index is 542. The van der Waals surface area contributed by atoms with Crippen LogP contribution in [-0.2, 0) is 5.75 Å². The van der Waals surface area contributed by atoms with Crippen LogP contribution in [0.4, 0.5) is 5.82 Å². The summed E-state index contributed by atoms with van der Waals surface area (Å²) in [5.74, 6) is 0.138. The van der Waals surface area contributed by atoms with Crippen molar-refractivity contribution >= 4 is 34.9 Å². The van der Waals surface area contributed by atoms with Gasteiger partial charge in [0.15, 0.2) is 5.82 Å². The first kappa shape index (κ1) is 11.9. The van der Waals surface area contributed by atoms with Crippen LogP contribution in [-0.4, -0.2) is 21.0 Å². The lowest BCUT2D eigenvalue weighted by molar-refractivity contribution is 0.0702. The van der Waals surface area contributed by atoms with E-state index in [4.69, 9.17) is 10.8 Å². The van der Waals surface area contributed by atoms with Crippen molar-refractivity contribution in [1.29, 1.82) is 0 Å². The highest BCUT2D eigenvalue weighted by Gasteiger charge is 2.08. The molecule has 0 fully saturated rings. The van der Waals surface area contributed by atoms with E-state index in [1.165, 1.54) is 29.3 Å². The van der Waals surface area contributed by atoms with Gasteiger partial charge in [-0.25, -0.2) is 14.8 Å². The van der Waals surface area contributed by atoms with Crippen molar-refractivity contribution in [3.63, 3.8) is 0 Å². The van der Waals surface area contributed by atoms with Crippen molar-refractivity contribution in [2.75, 3.05) is 5.73 Å². The van der Waals surface area contributed by atoms with E-state index < -0.39 is 5.97 Å². The minimum absolute atomic E-state index is 0.340. The van der Waals surface area contributed by atoms with Gasteiger partial charge in [0.2, 0.25) is 0 Å². The maximum absolute atomic E-state index is 10.7. The number of carbonyl (C=O) groups is 1. The van der Waals surface area contributed by atoms with Gasteiger partial charge < -0.3 is 10.8 Å². The molecule has 0 amide bonds. The second kappa shape index (κ2) is 5.15. The first-order valence-corrected chi connectivity index (χ1v) is 6.48. The number of rotatable bonds is 4. The minimum atomic E-state index is -0.898. The summed E-state index contributed by atoms with van der Waals surface area (Å²) in [6.07, 6.45) is 3.11. The highest BCUT2D eigenvalue weighted by molar-refractivity contribution is 7.98. The zero-order valence-electron chi connectivity index (χ0n) is 8.66. The predicted molar refractivity (Wildman–Crippen MR) is 67.3 cm³/mol. The lowest BCUT2D eigenvalue weighted by Crippen LogP contribution is -1.94. The van der Waals surface area contributed by atoms with Crippen LogP contribution >= 0.6 is 23.1 Å². The van der Waals surface area contributed by atoms with E-state index in [0.717, 1.165) is 4.88 Å². The number of aromatic carboxylic acids is 1. The summed E-state index contributed by atoms with van der Waals surface area (Å²) in [7, 11) is 0. The Morgan fingerprint density at radius 1 is 1.41 bits per heavy atom. The Hall–Kier alpha value is -1.60. The molecule has 2 aromatic rings. The van der Waals surface area contributed by atoms with Gasteiger partial charge in [0, 0.05) is 23.0 Å². The van der Waals surface area contributed by atoms with Gasteiger partial charge in [-0.15, -0.1) is 11.3 Å². The lowest BCUT2D eigenvalue weighted by Gasteiger charge is -2.00. The van der Waals surface area contributed by atoms with Gasteiger partial charge in [-0.05, 0) is 12.1 Å². The lowest BCUT2D eigenvalue weighted by atomic mass is 10.4. The molecule has 0 atom stereocenters. The summed E-state index contributed by atoms with van der Waals surface area (Å²) in [6, 6.07) is 3.40. The fraction of sp³-hybridized carbons (Fsp3) is 0.100. The van der Waals surface area contributed by atoms with Crippen molar-refractivity contribution in [3.8, 4) is 0 Å². The molecule has 2 rings (SSSR count). The Kier molecular flexibility index (Phi) is 3.60. The Balaban J connectivity index is 2.02. The largest absolute Gasteiger partial charge is 0.477 e. The van der Waals surface area contributed by atoms with Crippen LogP contribution in [0, 0.1) is 0 Å². The summed E-state index contributed by atoms with van der Waals surface area (Å²) >= 11 is 2.70. The molecule has 0 aliphatic heterocycles. The Morgan fingerprint density at radius 3 is 2.82 bits per heavy atom. The Labute approximate surface area is 106 Å². The molecule has 0 aliphatic carbocycles. The first-order chi connectivity index (χ1) is 8.16. The molecule has 0 bridgehead atoms. The van der Waals surface area contributed by atoms with E-state index in [-0.39, 0.29) is 0 Å². The third kappa shape index (κ3) is 2.95. The van der Waals surface area contributed by atoms with Gasteiger partial charge in [-0.2, -0.15) is 0 Å². The molecule has 3 N–H and O–H groups in total. The molecule has 88 valence electrons. The topological polar surface area (TPSA) is 89.1 Å². The zero-order valence-corrected chi connectivity index (χ0v) is 10.3. The second-order valence-corrected chi connectivity index (χ2v) is 5.24.